The van der Waals surface area contributed by atoms with Crippen molar-refractivity contribution in [2.24, 2.45) is 11.7 Å². The molecule has 5 nitrogen and oxygen atoms in total. The summed E-state index contributed by atoms with van der Waals surface area (Å²) in [5.41, 5.74) is 7.23. The Bertz CT molecular complexity index is 388. The van der Waals surface area contributed by atoms with Crippen LogP contribution in [0.4, 0.5) is 5.82 Å². The monoisotopic (exact) mass is 221 g/mol. The van der Waals surface area contributed by atoms with Gasteiger partial charge in [0.25, 0.3) is 0 Å². The molecule has 0 aromatic carbocycles. The highest BCUT2D eigenvalue weighted by molar-refractivity contribution is 5.79. The van der Waals surface area contributed by atoms with Crippen molar-refractivity contribution >= 4 is 11.7 Å². The fourth-order valence-electron chi connectivity index (χ4n) is 1.48. The fourth-order valence-corrected chi connectivity index (χ4v) is 1.48. The van der Waals surface area contributed by atoms with Crippen LogP contribution in [-0.4, -0.2) is 29.4 Å². The largest absolute Gasteiger partial charge is 0.387 e. The predicted molar refractivity (Wildman–Crippen MR) is 65.9 cm³/mol. The Labute approximate surface area is 96.2 Å². The molecule has 1 atom stereocenters. The van der Waals surface area contributed by atoms with Crippen LogP contribution in [0, 0.1) is 25.2 Å². The normalized spacial score (nSPS) is 12.2. The van der Waals surface area contributed by atoms with E-state index in [0.29, 0.717) is 6.54 Å². The summed E-state index contributed by atoms with van der Waals surface area (Å²) in [5.74, 6) is 1.07. The van der Waals surface area contributed by atoms with Crippen LogP contribution in [0.5, 0.6) is 0 Å². The number of nitrogens with one attached hydrogen (secondary N) is 1. The molecule has 0 saturated carbocycles. The van der Waals surface area contributed by atoms with E-state index in [0.717, 1.165) is 17.2 Å². The molecular weight excluding hydrogens is 202 g/mol. The van der Waals surface area contributed by atoms with Crippen molar-refractivity contribution in [2.75, 3.05) is 18.5 Å². The number of nitrogens with zero attached hydrogens (tertiary/aromatic N) is 3. The third-order valence-electron chi connectivity index (χ3n) is 2.49. The van der Waals surface area contributed by atoms with Gasteiger partial charge in [0.1, 0.15) is 5.82 Å². The van der Waals surface area contributed by atoms with Gasteiger partial charge in [-0.15, -0.1) is 0 Å². The fraction of sp³-hybridized carbons (Fsp3) is 0.545. The van der Waals surface area contributed by atoms with E-state index < -0.39 is 0 Å². The van der Waals surface area contributed by atoms with Gasteiger partial charge in [0, 0.05) is 25.7 Å². The topological polar surface area (TPSA) is 78.9 Å². The van der Waals surface area contributed by atoms with E-state index in [2.05, 4.69) is 9.97 Å². The van der Waals surface area contributed by atoms with E-state index >= 15 is 0 Å². The zero-order chi connectivity index (χ0) is 12.3. The number of hydrogen-bond acceptors (Lipinski definition) is 4. The maximum Gasteiger partial charge on any atom is 0.150 e. The van der Waals surface area contributed by atoms with Crippen molar-refractivity contribution < 1.29 is 0 Å². The van der Waals surface area contributed by atoms with Crippen LogP contribution < -0.4 is 10.6 Å². The SMILES string of the molecule is Cc1cnc(C)c(N(C)CC(C)C(=N)N)n1. The maximum absolute atomic E-state index is 7.37. The molecule has 5 heteroatoms. The van der Waals surface area contributed by atoms with Gasteiger partial charge < -0.3 is 10.6 Å². The zero-order valence-electron chi connectivity index (χ0n) is 10.3. The molecule has 1 rings (SSSR count). The molecule has 16 heavy (non-hydrogen) atoms. The minimum atomic E-state index is 0.0201. The van der Waals surface area contributed by atoms with E-state index in [-0.39, 0.29) is 11.8 Å². The van der Waals surface area contributed by atoms with Gasteiger partial charge in [0.2, 0.25) is 0 Å². The highest BCUT2D eigenvalue weighted by Crippen LogP contribution is 2.14. The second-order valence-electron chi connectivity index (χ2n) is 4.16. The number of amidine groups is 1. The van der Waals surface area contributed by atoms with Crippen LogP contribution >= 0.6 is 0 Å². The quantitative estimate of drug-likeness (QED) is 0.589. The summed E-state index contributed by atoms with van der Waals surface area (Å²) >= 11 is 0. The Morgan fingerprint density at radius 2 is 2.19 bits per heavy atom. The van der Waals surface area contributed by atoms with Gasteiger partial charge in [-0.05, 0) is 13.8 Å². The standard InChI is InChI=1S/C11H19N5/c1-7(10(12)13)6-16(4)11-9(3)14-5-8(2)15-11/h5,7H,6H2,1-4H3,(H3,12,13). The molecule has 0 bridgehead atoms. The molecular formula is C11H19N5. The second kappa shape index (κ2) is 4.92. The third kappa shape index (κ3) is 2.92. The molecule has 1 aromatic rings. The van der Waals surface area contributed by atoms with Crippen LogP contribution in [0.3, 0.4) is 0 Å². The Morgan fingerprint density at radius 3 is 2.75 bits per heavy atom. The second-order valence-corrected chi connectivity index (χ2v) is 4.16. The highest BCUT2D eigenvalue weighted by atomic mass is 15.2. The van der Waals surface area contributed by atoms with Crippen molar-refractivity contribution in [3.63, 3.8) is 0 Å². The minimum Gasteiger partial charge on any atom is -0.387 e. The number of aryl methyl sites for hydroxylation is 2. The van der Waals surface area contributed by atoms with Crippen LogP contribution in [0.15, 0.2) is 6.20 Å². The van der Waals surface area contributed by atoms with Crippen molar-refractivity contribution in [1.82, 2.24) is 9.97 Å². The van der Waals surface area contributed by atoms with Gasteiger partial charge in [-0.1, -0.05) is 6.92 Å². The Hall–Kier alpha value is -1.65. The van der Waals surface area contributed by atoms with Crippen molar-refractivity contribution in [2.45, 2.75) is 20.8 Å². The Morgan fingerprint density at radius 1 is 1.56 bits per heavy atom. The number of nitrogens with two attached hydrogens (primary N) is 1. The van der Waals surface area contributed by atoms with E-state index in [1.54, 1.807) is 6.20 Å². The molecule has 3 N–H and O–H groups in total. The summed E-state index contributed by atoms with van der Waals surface area (Å²) in [7, 11) is 1.94. The lowest BCUT2D eigenvalue weighted by Gasteiger charge is -2.23. The molecule has 0 aliphatic rings. The number of anilines is 1. The average molecular weight is 221 g/mol. The lowest BCUT2D eigenvalue weighted by atomic mass is 10.1. The van der Waals surface area contributed by atoms with Gasteiger partial charge in [-0.3, -0.25) is 10.4 Å². The van der Waals surface area contributed by atoms with E-state index in [1.807, 2.05) is 32.7 Å². The molecule has 1 unspecified atom stereocenters. The summed E-state index contributed by atoms with van der Waals surface area (Å²) in [6, 6.07) is 0. The molecule has 0 aliphatic heterocycles. The molecule has 0 radical (unpaired) electrons. The minimum absolute atomic E-state index is 0.0201. The third-order valence-corrected chi connectivity index (χ3v) is 2.49. The summed E-state index contributed by atoms with van der Waals surface area (Å²) in [6.45, 7) is 6.45. The van der Waals surface area contributed by atoms with Crippen LogP contribution in [0.2, 0.25) is 0 Å². The van der Waals surface area contributed by atoms with E-state index in [9.17, 15) is 0 Å². The van der Waals surface area contributed by atoms with Gasteiger partial charge in [-0.25, -0.2) is 4.98 Å². The van der Waals surface area contributed by atoms with Gasteiger partial charge >= 0.3 is 0 Å². The van der Waals surface area contributed by atoms with Crippen LogP contribution in [0.1, 0.15) is 18.3 Å². The number of aromatic nitrogens is 2. The molecule has 88 valence electrons. The molecule has 1 heterocycles. The lowest BCUT2D eigenvalue weighted by molar-refractivity contribution is 0.717. The molecule has 0 spiro atoms. The first-order chi connectivity index (χ1) is 7.41. The zero-order valence-corrected chi connectivity index (χ0v) is 10.3. The molecule has 0 fully saturated rings. The highest BCUT2D eigenvalue weighted by Gasteiger charge is 2.13. The Balaban J connectivity index is 2.83. The smallest absolute Gasteiger partial charge is 0.150 e. The van der Waals surface area contributed by atoms with Gasteiger partial charge in [0.05, 0.1) is 17.2 Å². The first-order valence-electron chi connectivity index (χ1n) is 5.27. The molecule has 0 amide bonds. The summed E-state index contributed by atoms with van der Waals surface area (Å²) in [5, 5.41) is 7.37. The first kappa shape index (κ1) is 12.4. The van der Waals surface area contributed by atoms with E-state index in [1.165, 1.54) is 0 Å². The Kier molecular flexibility index (Phi) is 3.82. The average Bonchev–Trinajstić information content (AvgIpc) is 2.21. The summed E-state index contributed by atoms with van der Waals surface area (Å²) in [6.07, 6.45) is 1.75. The molecule has 0 saturated heterocycles. The van der Waals surface area contributed by atoms with Gasteiger partial charge in [-0.2, -0.15) is 0 Å². The van der Waals surface area contributed by atoms with Crippen LogP contribution in [-0.2, 0) is 0 Å². The van der Waals surface area contributed by atoms with E-state index in [4.69, 9.17) is 11.1 Å². The van der Waals surface area contributed by atoms with Gasteiger partial charge in [0.15, 0.2) is 0 Å². The first-order valence-corrected chi connectivity index (χ1v) is 5.27. The molecule has 1 aromatic heterocycles. The number of rotatable bonds is 4. The summed E-state index contributed by atoms with van der Waals surface area (Å²) in [4.78, 5) is 10.7. The maximum atomic E-state index is 7.37. The predicted octanol–water partition coefficient (Wildman–Crippen LogP) is 1.10. The number of hydrogen-bond donors (Lipinski definition) is 2. The summed E-state index contributed by atoms with van der Waals surface area (Å²) < 4.78 is 0. The van der Waals surface area contributed by atoms with Crippen molar-refractivity contribution in [1.29, 1.82) is 5.41 Å². The van der Waals surface area contributed by atoms with Crippen molar-refractivity contribution in [3.8, 4) is 0 Å². The lowest BCUT2D eigenvalue weighted by Crippen LogP contribution is -2.33. The van der Waals surface area contributed by atoms with Crippen molar-refractivity contribution in [3.05, 3.63) is 17.6 Å². The van der Waals surface area contributed by atoms with Crippen LogP contribution in [0.25, 0.3) is 0 Å². The molecule has 0 aliphatic carbocycles.